The van der Waals surface area contributed by atoms with Gasteiger partial charge in [-0.25, -0.2) is 4.98 Å². The van der Waals surface area contributed by atoms with Gasteiger partial charge in [0.1, 0.15) is 17.3 Å². The van der Waals surface area contributed by atoms with Crippen molar-refractivity contribution in [3.8, 4) is 5.75 Å². The SMILES string of the molecule is COc1cc(F)c([N+](=O)[O-])c(NCc2nc3cccc(C)c3n2C)c1. The third-order valence-corrected chi connectivity index (χ3v) is 4.08. The molecule has 0 amide bonds. The lowest BCUT2D eigenvalue weighted by atomic mass is 10.2. The van der Waals surface area contributed by atoms with Gasteiger partial charge in [0.2, 0.25) is 5.82 Å². The molecule has 0 bridgehead atoms. The Morgan fingerprint density at radius 2 is 2.16 bits per heavy atom. The van der Waals surface area contributed by atoms with Crippen LogP contribution in [0.3, 0.4) is 0 Å². The summed E-state index contributed by atoms with van der Waals surface area (Å²) >= 11 is 0. The Labute approximate surface area is 143 Å². The Morgan fingerprint density at radius 3 is 2.80 bits per heavy atom. The molecule has 0 radical (unpaired) electrons. The molecular formula is C17H17FN4O3. The largest absolute Gasteiger partial charge is 0.497 e. The molecule has 130 valence electrons. The molecule has 3 aromatic rings. The van der Waals surface area contributed by atoms with Crippen molar-refractivity contribution in [3.05, 3.63) is 57.7 Å². The van der Waals surface area contributed by atoms with Crippen molar-refractivity contribution < 1.29 is 14.1 Å². The van der Waals surface area contributed by atoms with Crippen LogP contribution in [0.5, 0.6) is 5.75 Å². The molecule has 7 nitrogen and oxygen atoms in total. The van der Waals surface area contributed by atoms with Crippen LogP contribution >= 0.6 is 0 Å². The molecule has 8 heteroatoms. The summed E-state index contributed by atoms with van der Waals surface area (Å²) in [7, 11) is 3.25. The number of halogens is 1. The normalized spacial score (nSPS) is 10.9. The van der Waals surface area contributed by atoms with E-state index in [-0.39, 0.29) is 18.0 Å². The third kappa shape index (κ3) is 2.98. The van der Waals surface area contributed by atoms with Crippen molar-refractivity contribution in [1.29, 1.82) is 0 Å². The average molecular weight is 344 g/mol. The van der Waals surface area contributed by atoms with Crippen LogP contribution < -0.4 is 10.1 Å². The Balaban J connectivity index is 1.97. The van der Waals surface area contributed by atoms with Crippen LogP contribution in [0.4, 0.5) is 15.8 Å². The number of anilines is 1. The van der Waals surface area contributed by atoms with Crippen LogP contribution in [0.1, 0.15) is 11.4 Å². The van der Waals surface area contributed by atoms with Crippen molar-refractivity contribution >= 4 is 22.4 Å². The number of rotatable bonds is 5. The highest BCUT2D eigenvalue weighted by atomic mass is 19.1. The summed E-state index contributed by atoms with van der Waals surface area (Å²) in [6.07, 6.45) is 0. The summed E-state index contributed by atoms with van der Waals surface area (Å²) in [5.41, 5.74) is 2.34. The summed E-state index contributed by atoms with van der Waals surface area (Å²) in [4.78, 5) is 14.9. The number of imidazole rings is 1. The topological polar surface area (TPSA) is 82.2 Å². The zero-order valence-corrected chi connectivity index (χ0v) is 14.0. The van der Waals surface area contributed by atoms with Gasteiger partial charge in [0.05, 0.1) is 29.6 Å². The molecular weight excluding hydrogens is 327 g/mol. The molecule has 1 N–H and O–H groups in total. The van der Waals surface area contributed by atoms with Crippen molar-refractivity contribution in [2.24, 2.45) is 7.05 Å². The van der Waals surface area contributed by atoms with Gasteiger partial charge in [0, 0.05) is 19.2 Å². The van der Waals surface area contributed by atoms with Crippen LogP contribution in [0, 0.1) is 22.9 Å². The molecule has 0 fully saturated rings. The van der Waals surface area contributed by atoms with Crippen molar-refractivity contribution in [1.82, 2.24) is 9.55 Å². The van der Waals surface area contributed by atoms with Gasteiger partial charge < -0.3 is 14.6 Å². The minimum Gasteiger partial charge on any atom is -0.497 e. The molecule has 0 atom stereocenters. The van der Waals surface area contributed by atoms with Gasteiger partial charge in [-0.1, -0.05) is 12.1 Å². The minimum absolute atomic E-state index is 0.0469. The molecule has 2 aromatic carbocycles. The molecule has 3 rings (SSSR count). The number of para-hydroxylation sites is 1. The lowest BCUT2D eigenvalue weighted by Crippen LogP contribution is -2.08. The van der Waals surface area contributed by atoms with Gasteiger partial charge in [-0.3, -0.25) is 10.1 Å². The average Bonchev–Trinajstić information content (AvgIpc) is 2.89. The van der Waals surface area contributed by atoms with Crippen molar-refractivity contribution in [3.63, 3.8) is 0 Å². The molecule has 0 saturated carbocycles. The molecule has 0 aliphatic carbocycles. The van der Waals surface area contributed by atoms with E-state index in [1.54, 1.807) is 0 Å². The third-order valence-electron chi connectivity index (χ3n) is 4.08. The summed E-state index contributed by atoms with van der Waals surface area (Å²) in [6, 6.07) is 8.20. The van der Waals surface area contributed by atoms with Crippen LogP contribution in [-0.4, -0.2) is 21.6 Å². The smallest absolute Gasteiger partial charge is 0.327 e. The van der Waals surface area contributed by atoms with Gasteiger partial charge in [0.15, 0.2) is 0 Å². The van der Waals surface area contributed by atoms with Crippen molar-refractivity contribution in [2.75, 3.05) is 12.4 Å². The zero-order valence-electron chi connectivity index (χ0n) is 14.0. The van der Waals surface area contributed by atoms with E-state index in [1.807, 2.05) is 36.7 Å². The van der Waals surface area contributed by atoms with E-state index < -0.39 is 16.4 Å². The van der Waals surface area contributed by atoms with Gasteiger partial charge >= 0.3 is 5.69 Å². The van der Waals surface area contributed by atoms with Gasteiger partial charge in [0.25, 0.3) is 0 Å². The van der Waals surface area contributed by atoms with Gasteiger partial charge in [-0.15, -0.1) is 0 Å². The number of nitro benzene ring substituents is 1. The maximum Gasteiger partial charge on any atom is 0.327 e. The van der Waals surface area contributed by atoms with E-state index in [0.717, 1.165) is 22.7 Å². The van der Waals surface area contributed by atoms with E-state index in [4.69, 9.17) is 4.74 Å². The Morgan fingerprint density at radius 1 is 1.40 bits per heavy atom. The van der Waals surface area contributed by atoms with Crippen LogP contribution in [0.15, 0.2) is 30.3 Å². The van der Waals surface area contributed by atoms with E-state index >= 15 is 0 Å². The highest BCUT2D eigenvalue weighted by Gasteiger charge is 2.22. The number of nitrogens with one attached hydrogen (secondary N) is 1. The van der Waals surface area contributed by atoms with E-state index in [2.05, 4.69) is 10.3 Å². The second kappa shape index (κ2) is 6.39. The number of nitrogens with zero attached hydrogens (tertiary/aromatic N) is 3. The molecule has 25 heavy (non-hydrogen) atoms. The van der Waals surface area contributed by atoms with E-state index in [0.29, 0.717) is 5.82 Å². The van der Waals surface area contributed by atoms with E-state index in [9.17, 15) is 14.5 Å². The molecule has 0 aliphatic heterocycles. The number of ether oxygens (including phenoxy) is 1. The van der Waals surface area contributed by atoms with Crippen molar-refractivity contribution in [2.45, 2.75) is 13.5 Å². The number of fused-ring (bicyclic) bond motifs is 1. The Hall–Kier alpha value is -3.16. The fraction of sp³-hybridized carbons (Fsp3) is 0.235. The second-order valence-electron chi connectivity index (χ2n) is 5.65. The quantitative estimate of drug-likeness (QED) is 0.565. The fourth-order valence-electron chi connectivity index (χ4n) is 2.86. The second-order valence-corrected chi connectivity index (χ2v) is 5.65. The van der Waals surface area contributed by atoms with Gasteiger partial charge in [-0.05, 0) is 18.6 Å². The number of methoxy groups -OCH3 is 1. The van der Waals surface area contributed by atoms with Crippen LogP contribution in [0.2, 0.25) is 0 Å². The first kappa shape index (κ1) is 16.7. The molecule has 0 spiro atoms. The van der Waals surface area contributed by atoms with Crippen LogP contribution in [-0.2, 0) is 13.6 Å². The summed E-state index contributed by atoms with van der Waals surface area (Å²) in [6.45, 7) is 2.20. The number of hydrogen-bond donors (Lipinski definition) is 1. The number of benzene rings is 2. The summed E-state index contributed by atoms with van der Waals surface area (Å²) in [5.74, 6) is -0.0685. The van der Waals surface area contributed by atoms with Gasteiger partial charge in [-0.2, -0.15) is 4.39 Å². The fourth-order valence-corrected chi connectivity index (χ4v) is 2.86. The summed E-state index contributed by atoms with van der Waals surface area (Å²) < 4.78 is 20.9. The number of aromatic nitrogens is 2. The number of nitro groups is 1. The predicted octanol–water partition coefficient (Wildman–Crippen LogP) is 3.55. The summed E-state index contributed by atoms with van der Waals surface area (Å²) in [5, 5.41) is 14.1. The first-order valence-electron chi connectivity index (χ1n) is 7.59. The first-order chi connectivity index (χ1) is 11.9. The molecule has 1 aromatic heterocycles. The zero-order chi connectivity index (χ0) is 18.1. The Kier molecular flexibility index (Phi) is 4.26. The van der Waals surface area contributed by atoms with Crippen LogP contribution in [0.25, 0.3) is 11.0 Å². The minimum atomic E-state index is -0.951. The predicted molar refractivity (Wildman–Crippen MR) is 92.4 cm³/mol. The lowest BCUT2D eigenvalue weighted by molar-refractivity contribution is -0.386. The Bertz CT molecular complexity index is 968. The molecule has 1 heterocycles. The maximum atomic E-state index is 14.0. The number of aryl methyl sites for hydroxylation is 2. The number of hydrogen-bond acceptors (Lipinski definition) is 5. The molecule has 0 unspecified atom stereocenters. The van der Waals surface area contributed by atoms with E-state index in [1.165, 1.54) is 13.2 Å². The highest BCUT2D eigenvalue weighted by Crippen LogP contribution is 2.32. The molecule has 0 aliphatic rings. The maximum absolute atomic E-state index is 14.0. The highest BCUT2D eigenvalue weighted by molar-refractivity contribution is 5.79. The molecule has 0 saturated heterocycles. The lowest BCUT2D eigenvalue weighted by Gasteiger charge is -2.10. The first-order valence-corrected chi connectivity index (χ1v) is 7.59. The monoisotopic (exact) mass is 344 g/mol. The standard InChI is InChI=1S/C17H17FN4O3/c1-10-5-4-6-13-16(10)21(2)15(20-13)9-19-14-8-11(25-3)7-12(18)17(14)22(23)24/h4-8,19H,9H2,1-3H3.